The summed E-state index contributed by atoms with van der Waals surface area (Å²) in [6, 6.07) is 2.16. The van der Waals surface area contributed by atoms with Crippen LogP contribution in [0.25, 0.3) is 0 Å². The predicted molar refractivity (Wildman–Crippen MR) is 136 cm³/mol. The molecule has 0 aliphatic heterocycles. The molecule has 0 radical (unpaired) electrons. The molecule has 3 amide bonds. The molecule has 0 bridgehead atoms. The zero-order valence-electron chi connectivity index (χ0n) is 22.2. The molecule has 1 saturated carbocycles. The molecule has 1 aliphatic rings. The summed E-state index contributed by atoms with van der Waals surface area (Å²) in [7, 11) is 1.24. The van der Waals surface area contributed by atoms with Gasteiger partial charge < -0.3 is 28.6 Å². The molecule has 0 heterocycles. The van der Waals surface area contributed by atoms with Crippen LogP contribution in [-0.4, -0.2) is 72.0 Å². The van der Waals surface area contributed by atoms with E-state index < -0.39 is 20.9 Å². The summed E-state index contributed by atoms with van der Waals surface area (Å²) in [5, 5.41) is 5.96. The molecule has 9 nitrogen and oxygen atoms in total. The van der Waals surface area contributed by atoms with Gasteiger partial charge in [-0.25, -0.2) is 14.5 Å². The first kappa shape index (κ1) is 30.3. The third-order valence-electron chi connectivity index (χ3n) is 5.69. The molecule has 0 aromatic carbocycles. The Labute approximate surface area is 211 Å². The summed E-state index contributed by atoms with van der Waals surface area (Å²) >= 11 is 0. The van der Waals surface area contributed by atoms with Crippen LogP contribution in [-0.2, 0) is 18.0 Å². The molecule has 35 heavy (non-hydrogen) atoms. The second kappa shape index (κ2) is 13.4. The first-order valence-electron chi connectivity index (χ1n) is 11.5. The maximum Gasteiger partial charge on any atom is 0.522 e. The van der Waals surface area contributed by atoms with Crippen molar-refractivity contribution in [2.24, 2.45) is 10.8 Å². The number of carbonyl (C=O) groups is 2. The van der Waals surface area contributed by atoms with Crippen LogP contribution in [0.15, 0.2) is 0 Å². The van der Waals surface area contributed by atoms with Crippen molar-refractivity contribution in [3.8, 4) is 36.1 Å². The highest BCUT2D eigenvalue weighted by Gasteiger charge is 2.44. The van der Waals surface area contributed by atoms with E-state index in [9.17, 15) is 9.59 Å². The number of alkyl carbamates (subject to hydrolysis) is 1. The lowest BCUT2D eigenvalue weighted by atomic mass is 9.62. The fraction of sp³-hybridized carbons (Fsp3) is 0.680. The molecule has 2 unspecified atom stereocenters. The Bertz CT molecular complexity index is 896. The molecule has 10 heteroatoms. The normalized spacial score (nSPS) is 20.9. The van der Waals surface area contributed by atoms with E-state index in [4.69, 9.17) is 24.4 Å². The van der Waals surface area contributed by atoms with Gasteiger partial charge in [-0.2, -0.15) is 0 Å². The molecule has 0 spiro atoms. The van der Waals surface area contributed by atoms with Gasteiger partial charge in [0.15, 0.2) is 0 Å². The number of terminal acetylenes is 1. The number of hydrogen-bond donors (Lipinski definition) is 2. The number of nitrogens with one attached hydrogen (secondary N) is 2. The van der Waals surface area contributed by atoms with Crippen molar-refractivity contribution in [2.45, 2.75) is 66.0 Å². The Balaban J connectivity index is 3.05. The van der Waals surface area contributed by atoms with Gasteiger partial charge in [0.2, 0.25) is 0 Å². The van der Waals surface area contributed by atoms with Gasteiger partial charge in [0.1, 0.15) is 6.17 Å². The fourth-order valence-electron chi connectivity index (χ4n) is 4.63. The van der Waals surface area contributed by atoms with Crippen molar-refractivity contribution in [1.29, 1.82) is 0 Å². The highest BCUT2D eigenvalue weighted by molar-refractivity contribution is 6.61. The van der Waals surface area contributed by atoms with Crippen molar-refractivity contribution < 1.29 is 27.6 Å². The lowest BCUT2D eigenvalue weighted by molar-refractivity contribution is 0.0641. The van der Waals surface area contributed by atoms with E-state index in [2.05, 4.69) is 61.1 Å². The summed E-state index contributed by atoms with van der Waals surface area (Å²) in [4.78, 5) is 26.6. The van der Waals surface area contributed by atoms with Crippen LogP contribution in [0.4, 0.5) is 9.59 Å². The van der Waals surface area contributed by atoms with Crippen molar-refractivity contribution in [3.05, 3.63) is 0 Å². The van der Waals surface area contributed by atoms with Crippen LogP contribution in [0, 0.1) is 47.0 Å². The van der Waals surface area contributed by atoms with E-state index in [0.29, 0.717) is 13.0 Å². The Morgan fingerprint density at radius 3 is 2.26 bits per heavy atom. The van der Waals surface area contributed by atoms with Crippen LogP contribution >= 0.6 is 0 Å². The number of amides is 3. The van der Waals surface area contributed by atoms with E-state index in [1.165, 1.54) is 26.2 Å². The maximum atomic E-state index is 13.3. The van der Waals surface area contributed by atoms with Crippen molar-refractivity contribution in [2.75, 3.05) is 34.0 Å². The molecule has 0 aromatic rings. The molecule has 1 rings (SSSR count). The summed E-state index contributed by atoms with van der Waals surface area (Å²) < 4.78 is 21.6. The second-order valence-corrected chi connectivity index (χ2v) is 12.9. The van der Waals surface area contributed by atoms with Gasteiger partial charge in [-0.15, -0.1) is 6.42 Å². The first-order valence-corrected chi connectivity index (χ1v) is 13.4. The van der Waals surface area contributed by atoms with Gasteiger partial charge >= 0.3 is 20.9 Å². The summed E-state index contributed by atoms with van der Waals surface area (Å²) in [5.74, 6) is 9.67. The van der Waals surface area contributed by atoms with Crippen LogP contribution in [0.5, 0.6) is 0 Å². The standard InChI is InChI=1S/C25H39N3O6Si/c1-10-11-12-13-14-28(19-35(31-7,32-8)33-9)22(29)27-21-15-24(4,5)17-25(6,16-21)18-26-23(30)34-20(2)3/h1,20-21H,15-19H2,2-9H3,(H,26,30)(H,27,29). The Morgan fingerprint density at radius 1 is 1.09 bits per heavy atom. The smallest absolute Gasteiger partial charge is 0.447 e. The van der Waals surface area contributed by atoms with E-state index >= 15 is 0 Å². The van der Waals surface area contributed by atoms with E-state index in [1.54, 1.807) is 13.8 Å². The molecule has 2 N–H and O–H groups in total. The minimum atomic E-state index is -3.16. The van der Waals surface area contributed by atoms with Gasteiger partial charge in [0.05, 0.1) is 6.10 Å². The van der Waals surface area contributed by atoms with Gasteiger partial charge in [-0.1, -0.05) is 20.8 Å². The highest BCUT2D eigenvalue weighted by Crippen LogP contribution is 2.45. The maximum absolute atomic E-state index is 13.3. The molecule has 0 aromatic heterocycles. The van der Waals surface area contributed by atoms with E-state index in [0.717, 1.165) is 12.8 Å². The molecule has 194 valence electrons. The zero-order chi connectivity index (χ0) is 26.7. The summed E-state index contributed by atoms with van der Waals surface area (Å²) in [6.07, 6.45) is 6.82. The van der Waals surface area contributed by atoms with Crippen molar-refractivity contribution in [3.63, 3.8) is 0 Å². The number of carbonyl (C=O) groups excluding carboxylic acids is 2. The SMILES string of the molecule is C#CC#CC#CN(C[Si](OC)(OC)OC)C(=O)NC1CC(C)(C)CC(C)(CNC(=O)OC(C)C)C1. The summed E-state index contributed by atoms with van der Waals surface area (Å²) in [6.45, 7) is 10.5. The Kier molecular flexibility index (Phi) is 11.6. The molecular weight excluding hydrogens is 466 g/mol. The van der Waals surface area contributed by atoms with Gasteiger partial charge in [-0.05, 0) is 55.8 Å². The molecule has 1 fully saturated rings. The van der Waals surface area contributed by atoms with E-state index in [-0.39, 0.29) is 29.1 Å². The number of hydrogen-bond acceptors (Lipinski definition) is 6. The third kappa shape index (κ3) is 10.2. The van der Waals surface area contributed by atoms with Gasteiger partial charge in [0, 0.05) is 51.8 Å². The lowest BCUT2D eigenvalue weighted by Gasteiger charge is -2.47. The van der Waals surface area contributed by atoms with Crippen molar-refractivity contribution in [1.82, 2.24) is 15.5 Å². The number of rotatable bonds is 9. The average molecular weight is 506 g/mol. The van der Waals surface area contributed by atoms with Gasteiger partial charge in [0.25, 0.3) is 0 Å². The van der Waals surface area contributed by atoms with Crippen LogP contribution in [0.2, 0.25) is 0 Å². The lowest BCUT2D eigenvalue weighted by Crippen LogP contribution is -2.57. The molecule has 0 saturated heterocycles. The monoisotopic (exact) mass is 505 g/mol. The quantitative estimate of drug-likeness (QED) is 0.284. The minimum Gasteiger partial charge on any atom is -0.447 e. The minimum absolute atomic E-state index is 0.00302. The predicted octanol–water partition coefficient (Wildman–Crippen LogP) is 2.73. The van der Waals surface area contributed by atoms with Crippen molar-refractivity contribution >= 4 is 20.9 Å². The molecule has 2 atom stereocenters. The van der Waals surface area contributed by atoms with Gasteiger partial charge in [-0.3, -0.25) is 0 Å². The second-order valence-electron chi connectivity index (χ2n) is 10.0. The van der Waals surface area contributed by atoms with Crippen LogP contribution < -0.4 is 10.6 Å². The number of nitrogens with zero attached hydrogens (tertiary/aromatic N) is 1. The zero-order valence-corrected chi connectivity index (χ0v) is 23.2. The van der Waals surface area contributed by atoms with Crippen LogP contribution in [0.1, 0.15) is 53.9 Å². The Morgan fingerprint density at radius 2 is 1.71 bits per heavy atom. The average Bonchev–Trinajstić information content (AvgIpc) is 2.76. The summed E-state index contributed by atoms with van der Waals surface area (Å²) in [5.41, 5.74) is -0.304. The topological polar surface area (TPSA) is 98.4 Å². The molecular formula is C25H39N3O6Si. The molecule has 1 aliphatic carbocycles. The number of urea groups is 1. The number of ether oxygens (including phenoxy) is 1. The first-order chi connectivity index (χ1) is 16.3. The Hall–Kier alpha value is -2.68. The highest BCUT2D eigenvalue weighted by atomic mass is 28.4. The van der Waals surface area contributed by atoms with Crippen LogP contribution in [0.3, 0.4) is 0 Å². The third-order valence-corrected chi connectivity index (χ3v) is 8.26. The fourth-order valence-corrected chi connectivity index (χ4v) is 6.12. The van der Waals surface area contributed by atoms with E-state index in [1.807, 2.05) is 0 Å². The largest absolute Gasteiger partial charge is 0.522 e.